The van der Waals surface area contributed by atoms with Crippen LogP contribution in [-0.2, 0) is 17.6 Å². The van der Waals surface area contributed by atoms with Crippen molar-refractivity contribution in [2.24, 2.45) is 0 Å². The lowest BCUT2D eigenvalue weighted by Gasteiger charge is -2.17. The highest BCUT2D eigenvalue weighted by Gasteiger charge is 2.29. The summed E-state index contributed by atoms with van der Waals surface area (Å²) in [5.74, 6) is -1.83. The van der Waals surface area contributed by atoms with Crippen molar-refractivity contribution in [3.05, 3.63) is 47.0 Å². The van der Waals surface area contributed by atoms with Crippen LogP contribution in [0.4, 0.5) is 4.39 Å². The monoisotopic (exact) mass is 331 g/mol. The average molecular weight is 331 g/mol. The summed E-state index contributed by atoms with van der Waals surface area (Å²) in [5, 5.41) is 13.3. The first kappa shape index (κ1) is 16.2. The Morgan fingerprint density at radius 3 is 2.83 bits per heavy atom. The summed E-state index contributed by atoms with van der Waals surface area (Å²) in [6.07, 6.45) is 2.38. The van der Waals surface area contributed by atoms with E-state index in [2.05, 4.69) is 5.10 Å². The van der Waals surface area contributed by atoms with Gasteiger partial charge in [-0.15, -0.1) is 0 Å². The fourth-order valence-corrected chi connectivity index (χ4v) is 3.07. The van der Waals surface area contributed by atoms with Crippen molar-refractivity contribution in [2.45, 2.75) is 26.2 Å². The smallest absolute Gasteiger partial charge is 0.323 e. The minimum Gasteiger partial charge on any atom is -0.480 e. The van der Waals surface area contributed by atoms with Gasteiger partial charge in [-0.05, 0) is 44.4 Å². The first-order chi connectivity index (χ1) is 11.5. The molecule has 2 aromatic rings. The molecule has 7 heteroatoms. The maximum absolute atomic E-state index is 13.5. The van der Waals surface area contributed by atoms with E-state index in [0.717, 1.165) is 30.5 Å². The molecule has 0 unspecified atom stereocenters. The van der Waals surface area contributed by atoms with Crippen LogP contribution in [0.15, 0.2) is 24.3 Å². The molecule has 126 valence electrons. The number of carbonyl (C=O) groups excluding carboxylic acids is 1. The molecule has 0 atom stereocenters. The molecule has 1 aromatic carbocycles. The molecular weight excluding hydrogens is 313 g/mol. The highest BCUT2D eigenvalue weighted by molar-refractivity contribution is 5.96. The van der Waals surface area contributed by atoms with E-state index in [4.69, 9.17) is 5.11 Å². The van der Waals surface area contributed by atoms with Crippen molar-refractivity contribution in [1.29, 1.82) is 0 Å². The van der Waals surface area contributed by atoms with Gasteiger partial charge in [0.1, 0.15) is 12.4 Å². The van der Waals surface area contributed by atoms with Crippen molar-refractivity contribution in [3.63, 3.8) is 0 Å². The first-order valence-corrected chi connectivity index (χ1v) is 7.89. The Morgan fingerprint density at radius 2 is 2.17 bits per heavy atom. The lowest BCUT2D eigenvalue weighted by molar-refractivity contribution is -0.137. The van der Waals surface area contributed by atoms with Crippen LogP contribution in [0, 0.1) is 5.82 Å². The van der Waals surface area contributed by atoms with Gasteiger partial charge in [-0.3, -0.25) is 9.59 Å². The predicted molar refractivity (Wildman–Crippen MR) is 84.8 cm³/mol. The number of nitrogens with zero attached hydrogens (tertiary/aromatic N) is 3. The van der Waals surface area contributed by atoms with Crippen LogP contribution in [0.5, 0.6) is 0 Å². The number of carbonyl (C=O) groups is 2. The van der Waals surface area contributed by atoms with E-state index < -0.39 is 11.9 Å². The Balaban J connectivity index is 2.03. The molecule has 1 aromatic heterocycles. The number of halogens is 1. The number of aromatic nitrogens is 2. The summed E-state index contributed by atoms with van der Waals surface area (Å²) in [6.45, 7) is 1.65. The summed E-state index contributed by atoms with van der Waals surface area (Å²) < 4.78 is 15.1. The van der Waals surface area contributed by atoms with Crippen molar-refractivity contribution in [1.82, 2.24) is 14.7 Å². The minimum absolute atomic E-state index is 0.273. The molecule has 1 aliphatic carbocycles. The highest BCUT2D eigenvalue weighted by atomic mass is 19.1. The molecule has 1 aliphatic rings. The molecule has 1 amide bonds. The van der Waals surface area contributed by atoms with Crippen LogP contribution in [0.3, 0.4) is 0 Å². The lowest BCUT2D eigenvalue weighted by atomic mass is 10.2. The van der Waals surface area contributed by atoms with Gasteiger partial charge in [0.05, 0.1) is 5.69 Å². The molecule has 0 fully saturated rings. The second kappa shape index (κ2) is 6.43. The number of hydrogen-bond acceptors (Lipinski definition) is 3. The van der Waals surface area contributed by atoms with Crippen molar-refractivity contribution in [3.8, 4) is 5.69 Å². The quantitative estimate of drug-likeness (QED) is 0.910. The van der Waals surface area contributed by atoms with Gasteiger partial charge in [0.15, 0.2) is 5.69 Å². The average Bonchev–Trinajstić information content (AvgIpc) is 3.13. The number of hydrogen-bond donors (Lipinski definition) is 1. The van der Waals surface area contributed by atoms with Gasteiger partial charge >= 0.3 is 5.97 Å². The van der Waals surface area contributed by atoms with Crippen LogP contribution in [0.1, 0.15) is 35.1 Å². The number of amides is 1. The third-order valence-electron chi connectivity index (χ3n) is 4.18. The molecule has 0 saturated heterocycles. The Morgan fingerprint density at radius 1 is 1.38 bits per heavy atom. The van der Waals surface area contributed by atoms with Crippen LogP contribution < -0.4 is 0 Å². The van der Waals surface area contributed by atoms with Gasteiger partial charge in [0, 0.05) is 17.8 Å². The van der Waals surface area contributed by atoms with E-state index in [0.29, 0.717) is 5.69 Å². The summed E-state index contributed by atoms with van der Waals surface area (Å²) in [7, 11) is 0. The molecule has 6 nitrogen and oxygen atoms in total. The van der Waals surface area contributed by atoms with E-state index in [1.165, 1.54) is 17.0 Å². The standard InChI is InChI=1S/C17H18FN3O3/c1-2-20(10-15(22)23)17(24)16-13-7-4-8-14(13)21(19-16)12-6-3-5-11(18)9-12/h3,5-6,9H,2,4,7-8,10H2,1H3,(H,22,23). The number of rotatable bonds is 5. The third-order valence-corrected chi connectivity index (χ3v) is 4.18. The largest absolute Gasteiger partial charge is 0.480 e. The molecule has 0 saturated carbocycles. The maximum Gasteiger partial charge on any atom is 0.323 e. The summed E-state index contributed by atoms with van der Waals surface area (Å²) in [6, 6.07) is 6.05. The van der Waals surface area contributed by atoms with Crippen LogP contribution in [-0.4, -0.2) is 44.8 Å². The van der Waals surface area contributed by atoms with Crippen molar-refractivity contribution >= 4 is 11.9 Å². The Hall–Kier alpha value is -2.70. The molecule has 3 rings (SSSR count). The van der Waals surface area contributed by atoms with E-state index in [1.807, 2.05) is 0 Å². The third kappa shape index (κ3) is 2.89. The van der Waals surface area contributed by atoms with Gasteiger partial charge in [0.25, 0.3) is 5.91 Å². The van der Waals surface area contributed by atoms with Crippen molar-refractivity contribution < 1.29 is 19.1 Å². The molecule has 0 spiro atoms. The molecular formula is C17H18FN3O3. The van der Waals surface area contributed by atoms with Crippen LogP contribution in [0.25, 0.3) is 5.69 Å². The van der Waals surface area contributed by atoms with Gasteiger partial charge < -0.3 is 10.0 Å². The highest BCUT2D eigenvalue weighted by Crippen LogP contribution is 2.28. The zero-order chi connectivity index (χ0) is 17.3. The van der Waals surface area contributed by atoms with Gasteiger partial charge in [-0.1, -0.05) is 6.07 Å². The Bertz CT molecular complexity index is 800. The fraction of sp³-hybridized carbons (Fsp3) is 0.353. The SMILES string of the molecule is CCN(CC(=O)O)C(=O)c1nn(-c2cccc(F)c2)c2c1CCC2. The van der Waals surface area contributed by atoms with Gasteiger partial charge in [0.2, 0.25) is 0 Å². The number of carboxylic acids is 1. The van der Waals surface area contributed by atoms with Crippen molar-refractivity contribution in [2.75, 3.05) is 13.1 Å². The summed E-state index contributed by atoms with van der Waals surface area (Å²) in [4.78, 5) is 24.9. The minimum atomic E-state index is -1.06. The normalized spacial score (nSPS) is 12.9. The summed E-state index contributed by atoms with van der Waals surface area (Å²) >= 11 is 0. The van der Waals surface area contributed by atoms with Crippen LogP contribution >= 0.6 is 0 Å². The van der Waals surface area contributed by atoms with Crippen LogP contribution in [0.2, 0.25) is 0 Å². The van der Waals surface area contributed by atoms with E-state index in [-0.39, 0.29) is 24.6 Å². The van der Waals surface area contributed by atoms with E-state index in [9.17, 15) is 14.0 Å². The molecule has 0 radical (unpaired) electrons. The second-order valence-electron chi connectivity index (χ2n) is 5.73. The second-order valence-corrected chi connectivity index (χ2v) is 5.73. The zero-order valence-corrected chi connectivity index (χ0v) is 13.3. The predicted octanol–water partition coefficient (Wildman–Crippen LogP) is 2.05. The molecule has 0 aliphatic heterocycles. The van der Waals surface area contributed by atoms with E-state index in [1.54, 1.807) is 23.7 Å². The number of aliphatic carboxylic acids is 1. The number of benzene rings is 1. The lowest BCUT2D eigenvalue weighted by Crippen LogP contribution is -2.36. The molecule has 0 bridgehead atoms. The Kier molecular flexibility index (Phi) is 4.33. The first-order valence-electron chi connectivity index (χ1n) is 7.89. The topological polar surface area (TPSA) is 75.4 Å². The van der Waals surface area contributed by atoms with Gasteiger partial charge in [-0.25, -0.2) is 9.07 Å². The Labute approximate surface area is 138 Å². The van der Waals surface area contributed by atoms with Gasteiger partial charge in [-0.2, -0.15) is 5.10 Å². The number of carboxylic acid groups (broad SMARTS) is 1. The van der Waals surface area contributed by atoms with E-state index >= 15 is 0 Å². The molecule has 24 heavy (non-hydrogen) atoms. The molecule has 1 N–H and O–H groups in total. The number of fused-ring (bicyclic) bond motifs is 1. The zero-order valence-electron chi connectivity index (χ0n) is 13.3. The summed E-state index contributed by atoms with van der Waals surface area (Å²) in [5.41, 5.74) is 2.58. The molecule has 1 heterocycles. The number of likely N-dealkylation sites (N-methyl/N-ethyl adjacent to an activating group) is 1. The fourth-order valence-electron chi connectivity index (χ4n) is 3.07. The maximum atomic E-state index is 13.5.